The van der Waals surface area contributed by atoms with Crippen LogP contribution in [0.15, 0.2) is 65.7 Å². The van der Waals surface area contributed by atoms with E-state index in [0.29, 0.717) is 29.5 Å². The maximum absolute atomic E-state index is 13.1. The highest BCUT2D eigenvalue weighted by Crippen LogP contribution is 2.23. The first kappa shape index (κ1) is 20.5. The number of hydrogen-bond acceptors (Lipinski definition) is 4. The summed E-state index contributed by atoms with van der Waals surface area (Å²) in [6.07, 6.45) is 1.64. The Kier molecular flexibility index (Phi) is 5.58. The van der Waals surface area contributed by atoms with Gasteiger partial charge in [-0.3, -0.25) is 9.78 Å². The van der Waals surface area contributed by atoms with Crippen LogP contribution in [0.1, 0.15) is 35.7 Å². The minimum atomic E-state index is -3.57. The second kappa shape index (κ2) is 8.16. The Morgan fingerprint density at radius 1 is 0.933 bits per heavy atom. The van der Waals surface area contributed by atoms with Gasteiger partial charge in [-0.15, -0.1) is 0 Å². The summed E-state index contributed by atoms with van der Waals surface area (Å²) in [7, 11) is -3.57. The molecule has 1 aromatic heterocycles. The molecule has 0 spiro atoms. The smallest absolute Gasteiger partial charge is 0.254 e. The van der Waals surface area contributed by atoms with Gasteiger partial charge in [0.25, 0.3) is 5.91 Å². The van der Waals surface area contributed by atoms with Crippen LogP contribution in [0.3, 0.4) is 0 Å². The van der Waals surface area contributed by atoms with Crippen molar-refractivity contribution in [1.29, 1.82) is 0 Å². The molecule has 0 saturated carbocycles. The third-order valence-electron chi connectivity index (χ3n) is 5.59. The minimum absolute atomic E-state index is 0.0908. The summed E-state index contributed by atoms with van der Waals surface area (Å²) in [6, 6.07) is 16.3. The maximum atomic E-state index is 13.1. The highest BCUT2D eigenvalue weighted by Gasteiger charge is 2.30. The lowest BCUT2D eigenvalue weighted by atomic mass is 10.0. The van der Waals surface area contributed by atoms with E-state index in [9.17, 15) is 13.2 Å². The molecule has 2 heterocycles. The number of pyridine rings is 1. The van der Waals surface area contributed by atoms with Gasteiger partial charge in [-0.05, 0) is 35.7 Å². The van der Waals surface area contributed by atoms with E-state index in [1.165, 1.54) is 4.31 Å². The average Bonchev–Trinajstić information content (AvgIpc) is 2.78. The molecular formula is C23H25N3O3S. The van der Waals surface area contributed by atoms with Crippen LogP contribution < -0.4 is 0 Å². The second-order valence-corrected chi connectivity index (χ2v) is 9.73. The van der Waals surface area contributed by atoms with E-state index in [1.54, 1.807) is 29.3 Å². The highest BCUT2D eigenvalue weighted by atomic mass is 32.2. The van der Waals surface area contributed by atoms with Gasteiger partial charge >= 0.3 is 0 Å². The SMILES string of the molecule is CC(C)c1ccc(S(=O)(=O)N2CCN(C(=O)c3ccnc4ccccc34)CC2)cc1. The molecule has 6 nitrogen and oxygen atoms in total. The second-order valence-electron chi connectivity index (χ2n) is 7.80. The zero-order valence-electron chi connectivity index (χ0n) is 17.2. The number of fused-ring (bicyclic) bond motifs is 1. The van der Waals surface area contributed by atoms with Crippen molar-refractivity contribution >= 4 is 26.8 Å². The molecule has 30 heavy (non-hydrogen) atoms. The lowest BCUT2D eigenvalue weighted by Crippen LogP contribution is -2.50. The Morgan fingerprint density at radius 2 is 1.60 bits per heavy atom. The van der Waals surface area contributed by atoms with Crippen molar-refractivity contribution in [3.63, 3.8) is 0 Å². The summed E-state index contributed by atoms with van der Waals surface area (Å²) in [5.41, 5.74) is 2.48. The molecule has 0 radical (unpaired) electrons. The van der Waals surface area contributed by atoms with Crippen LogP contribution in [0.25, 0.3) is 10.9 Å². The fraction of sp³-hybridized carbons (Fsp3) is 0.304. The quantitative estimate of drug-likeness (QED) is 0.644. The molecular weight excluding hydrogens is 398 g/mol. The molecule has 1 fully saturated rings. The molecule has 7 heteroatoms. The minimum Gasteiger partial charge on any atom is -0.336 e. The monoisotopic (exact) mass is 423 g/mol. The van der Waals surface area contributed by atoms with Crippen LogP contribution in [-0.4, -0.2) is 54.7 Å². The van der Waals surface area contributed by atoms with E-state index in [1.807, 2.05) is 36.4 Å². The molecule has 0 aliphatic carbocycles. The molecule has 2 aromatic carbocycles. The van der Waals surface area contributed by atoms with Crippen molar-refractivity contribution in [2.45, 2.75) is 24.7 Å². The topological polar surface area (TPSA) is 70.6 Å². The zero-order chi connectivity index (χ0) is 21.3. The van der Waals surface area contributed by atoms with Crippen molar-refractivity contribution < 1.29 is 13.2 Å². The van der Waals surface area contributed by atoms with E-state index < -0.39 is 10.0 Å². The van der Waals surface area contributed by atoms with Gasteiger partial charge in [0.1, 0.15) is 0 Å². The third kappa shape index (κ3) is 3.82. The molecule has 1 amide bonds. The summed E-state index contributed by atoms with van der Waals surface area (Å²) in [4.78, 5) is 19.4. The molecule has 0 unspecified atom stereocenters. The van der Waals surface area contributed by atoms with E-state index >= 15 is 0 Å². The van der Waals surface area contributed by atoms with Crippen LogP contribution in [-0.2, 0) is 10.0 Å². The van der Waals surface area contributed by atoms with Crippen LogP contribution in [0.4, 0.5) is 0 Å². The number of piperazine rings is 1. The number of carbonyl (C=O) groups excluding carboxylic acids is 1. The molecule has 156 valence electrons. The first-order valence-corrected chi connectivity index (χ1v) is 11.5. The molecule has 4 rings (SSSR count). The van der Waals surface area contributed by atoms with Gasteiger partial charge < -0.3 is 4.90 Å². The standard InChI is InChI=1S/C23H25N3O3S/c1-17(2)18-7-9-19(10-8-18)30(28,29)26-15-13-25(14-16-26)23(27)21-11-12-24-22-6-4-3-5-20(21)22/h3-12,17H,13-16H2,1-2H3. The number of hydrogen-bond donors (Lipinski definition) is 0. The Morgan fingerprint density at radius 3 is 2.27 bits per heavy atom. The summed E-state index contributed by atoms with van der Waals surface area (Å²) in [5, 5.41) is 0.810. The molecule has 3 aromatic rings. The molecule has 1 aliphatic rings. The van der Waals surface area contributed by atoms with Gasteiger partial charge in [-0.1, -0.05) is 44.2 Å². The number of sulfonamides is 1. The van der Waals surface area contributed by atoms with Crippen LogP contribution in [0, 0.1) is 0 Å². The number of carbonyl (C=O) groups is 1. The third-order valence-corrected chi connectivity index (χ3v) is 7.50. The average molecular weight is 424 g/mol. The van der Waals surface area contributed by atoms with Crippen LogP contribution >= 0.6 is 0 Å². The molecule has 0 bridgehead atoms. The predicted molar refractivity (Wildman–Crippen MR) is 117 cm³/mol. The first-order chi connectivity index (χ1) is 14.4. The maximum Gasteiger partial charge on any atom is 0.254 e. The van der Waals surface area contributed by atoms with Gasteiger partial charge in [-0.25, -0.2) is 8.42 Å². The molecule has 1 saturated heterocycles. The summed E-state index contributed by atoms with van der Waals surface area (Å²) in [6.45, 7) is 5.43. The number of amides is 1. The Hall–Kier alpha value is -2.77. The summed E-state index contributed by atoms with van der Waals surface area (Å²) < 4.78 is 27.5. The summed E-state index contributed by atoms with van der Waals surface area (Å²) in [5.74, 6) is 0.257. The molecule has 1 aliphatic heterocycles. The predicted octanol–water partition coefficient (Wildman–Crippen LogP) is 3.50. The number of para-hydroxylation sites is 1. The van der Waals surface area contributed by atoms with Gasteiger partial charge in [0, 0.05) is 37.8 Å². The Bertz CT molecular complexity index is 1160. The number of benzene rings is 2. The Balaban J connectivity index is 1.48. The van der Waals surface area contributed by atoms with Crippen molar-refractivity contribution in [2.75, 3.05) is 26.2 Å². The summed E-state index contributed by atoms with van der Waals surface area (Å²) >= 11 is 0. The Labute approximate surface area is 177 Å². The lowest BCUT2D eigenvalue weighted by Gasteiger charge is -2.34. The van der Waals surface area contributed by atoms with Crippen molar-refractivity contribution in [3.8, 4) is 0 Å². The van der Waals surface area contributed by atoms with Crippen LogP contribution in [0.5, 0.6) is 0 Å². The van der Waals surface area contributed by atoms with Crippen LogP contribution in [0.2, 0.25) is 0 Å². The van der Waals surface area contributed by atoms with E-state index in [0.717, 1.165) is 16.5 Å². The molecule has 0 N–H and O–H groups in total. The van der Waals surface area contributed by atoms with Crippen molar-refractivity contribution in [3.05, 3.63) is 71.9 Å². The number of aromatic nitrogens is 1. The van der Waals surface area contributed by atoms with Gasteiger partial charge in [0.05, 0.1) is 16.0 Å². The van der Waals surface area contributed by atoms with Gasteiger partial charge in [0.15, 0.2) is 0 Å². The molecule has 0 atom stereocenters. The van der Waals surface area contributed by atoms with Gasteiger partial charge in [0.2, 0.25) is 10.0 Å². The lowest BCUT2D eigenvalue weighted by molar-refractivity contribution is 0.0700. The number of rotatable bonds is 4. The van der Waals surface area contributed by atoms with Crippen molar-refractivity contribution in [1.82, 2.24) is 14.2 Å². The number of nitrogens with zero attached hydrogens (tertiary/aromatic N) is 3. The fourth-order valence-corrected chi connectivity index (χ4v) is 5.18. The normalized spacial score (nSPS) is 15.6. The highest BCUT2D eigenvalue weighted by molar-refractivity contribution is 7.89. The largest absolute Gasteiger partial charge is 0.336 e. The van der Waals surface area contributed by atoms with Crippen molar-refractivity contribution in [2.24, 2.45) is 0 Å². The van der Waals surface area contributed by atoms with E-state index in [4.69, 9.17) is 0 Å². The van der Waals surface area contributed by atoms with E-state index in [2.05, 4.69) is 18.8 Å². The zero-order valence-corrected chi connectivity index (χ0v) is 18.0. The fourth-order valence-electron chi connectivity index (χ4n) is 3.76. The van der Waals surface area contributed by atoms with Gasteiger partial charge in [-0.2, -0.15) is 4.31 Å². The first-order valence-electron chi connectivity index (χ1n) is 10.1. The van der Waals surface area contributed by atoms with E-state index in [-0.39, 0.29) is 19.0 Å².